The highest BCUT2D eigenvalue weighted by molar-refractivity contribution is 7.98. The monoisotopic (exact) mass is 310 g/mol. The van der Waals surface area contributed by atoms with Crippen LogP contribution in [0.1, 0.15) is 0 Å². The molecule has 1 fully saturated rings. The van der Waals surface area contributed by atoms with Crippen molar-refractivity contribution in [2.75, 3.05) is 44.6 Å². The van der Waals surface area contributed by atoms with Gasteiger partial charge in [0.1, 0.15) is 0 Å². The van der Waals surface area contributed by atoms with Crippen molar-refractivity contribution in [1.82, 2.24) is 4.98 Å². The zero-order valence-corrected chi connectivity index (χ0v) is 13.3. The van der Waals surface area contributed by atoms with E-state index in [1.54, 1.807) is 23.1 Å². The van der Waals surface area contributed by atoms with Gasteiger partial charge in [0.15, 0.2) is 5.13 Å². The fourth-order valence-corrected chi connectivity index (χ4v) is 3.70. The van der Waals surface area contributed by atoms with Gasteiger partial charge in [0.05, 0.1) is 36.1 Å². The van der Waals surface area contributed by atoms with E-state index in [9.17, 15) is 0 Å². The first-order valence-corrected chi connectivity index (χ1v) is 8.65. The molecule has 0 saturated carbocycles. The minimum atomic E-state index is 0.141. The van der Waals surface area contributed by atoms with E-state index in [2.05, 4.69) is 36.4 Å². The Hall–Kier alpha value is -0.820. The van der Waals surface area contributed by atoms with E-state index in [1.807, 2.05) is 0 Å². The lowest BCUT2D eigenvalue weighted by Gasteiger charge is -2.27. The first kappa shape index (κ1) is 14.1. The maximum Gasteiger partial charge on any atom is 0.186 e. The summed E-state index contributed by atoms with van der Waals surface area (Å²) in [6, 6.07) is 6.42. The van der Waals surface area contributed by atoms with Crippen molar-refractivity contribution >= 4 is 38.4 Å². The lowest BCUT2D eigenvalue weighted by Crippen LogP contribution is -2.38. The molecule has 6 heteroatoms. The third-order valence-corrected chi connectivity index (χ3v) is 5.13. The van der Waals surface area contributed by atoms with Crippen molar-refractivity contribution in [2.24, 2.45) is 0 Å². The summed E-state index contributed by atoms with van der Waals surface area (Å²) in [7, 11) is 2.06. The third-order valence-electron chi connectivity index (χ3n) is 3.27. The topological polar surface area (TPSA) is 34.6 Å². The number of rotatable bonds is 4. The summed E-state index contributed by atoms with van der Waals surface area (Å²) in [6.45, 7) is 2.88. The van der Waals surface area contributed by atoms with Crippen LogP contribution in [0.5, 0.6) is 0 Å². The SMILES string of the molecule is CSc1ccc2nc(N(C)CC3COCCO3)sc2c1. The molecule has 0 spiro atoms. The second-order valence-corrected chi connectivity index (χ2v) is 6.67. The maximum absolute atomic E-state index is 5.69. The minimum absolute atomic E-state index is 0.141. The van der Waals surface area contributed by atoms with Gasteiger partial charge in [-0.05, 0) is 24.5 Å². The molecule has 1 aromatic carbocycles. The Balaban J connectivity index is 1.75. The van der Waals surface area contributed by atoms with Gasteiger partial charge in [-0.15, -0.1) is 11.8 Å². The Morgan fingerprint density at radius 2 is 2.35 bits per heavy atom. The van der Waals surface area contributed by atoms with E-state index in [-0.39, 0.29) is 6.10 Å². The summed E-state index contributed by atoms with van der Waals surface area (Å²) >= 11 is 3.49. The molecule has 1 aliphatic heterocycles. The van der Waals surface area contributed by atoms with E-state index >= 15 is 0 Å². The largest absolute Gasteiger partial charge is 0.376 e. The normalized spacial score (nSPS) is 19.4. The molecule has 3 rings (SSSR count). The molecule has 2 heterocycles. The molecule has 1 aliphatic rings. The predicted molar refractivity (Wildman–Crippen MR) is 85.2 cm³/mol. The van der Waals surface area contributed by atoms with Crippen molar-refractivity contribution in [3.63, 3.8) is 0 Å². The first-order valence-electron chi connectivity index (χ1n) is 6.61. The Bertz CT molecular complexity index is 582. The van der Waals surface area contributed by atoms with Crippen LogP contribution in [0.25, 0.3) is 10.2 Å². The number of thioether (sulfide) groups is 1. The van der Waals surface area contributed by atoms with E-state index in [0.29, 0.717) is 19.8 Å². The molecule has 1 aromatic heterocycles. The van der Waals surface area contributed by atoms with Crippen LogP contribution in [0.2, 0.25) is 0 Å². The number of likely N-dealkylation sites (N-methyl/N-ethyl adjacent to an activating group) is 1. The molecule has 0 N–H and O–H groups in total. The number of hydrogen-bond donors (Lipinski definition) is 0. The van der Waals surface area contributed by atoms with Gasteiger partial charge in [-0.1, -0.05) is 11.3 Å². The van der Waals surface area contributed by atoms with E-state index in [4.69, 9.17) is 14.5 Å². The quantitative estimate of drug-likeness (QED) is 0.811. The number of ether oxygens (including phenoxy) is 2. The number of hydrogen-bond acceptors (Lipinski definition) is 6. The molecule has 4 nitrogen and oxygen atoms in total. The second-order valence-electron chi connectivity index (χ2n) is 4.78. The molecule has 108 valence electrons. The van der Waals surface area contributed by atoms with E-state index in [1.165, 1.54) is 9.60 Å². The summed E-state index contributed by atoms with van der Waals surface area (Å²) in [4.78, 5) is 8.13. The number of fused-ring (bicyclic) bond motifs is 1. The van der Waals surface area contributed by atoms with Crippen LogP contribution in [0, 0.1) is 0 Å². The lowest BCUT2D eigenvalue weighted by atomic mass is 10.3. The zero-order chi connectivity index (χ0) is 13.9. The number of benzene rings is 1. The number of anilines is 1. The molecule has 2 aromatic rings. The van der Waals surface area contributed by atoms with Gasteiger partial charge in [0, 0.05) is 18.5 Å². The van der Waals surface area contributed by atoms with Crippen LogP contribution in [0.15, 0.2) is 23.1 Å². The Kier molecular flexibility index (Phi) is 4.45. The summed E-state index contributed by atoms with van der Waals surface area (Å²) < 4.78 is 12.4. The van der Waals surface area contributed by atoms with Crippen LogP contribution in [0.3, 0.4) is 0 Å². The number of nitrogens with zero attached hydrogens (tertiary/aromatic N) is 2. The molecule has 1 saturated heterocycles. The highest BCUT2D eigenvalue weighted by Crippen LogP contribution is 2.31. The van der Waals surface area contributed by atoms with Gasteiger partial charge in [0.25, 0.3) is 0 Å². The Labute approximate surface area is 127 Å². The molecule has 0 bridgehead atoms. The second kappa shape index (κ2) is 6.30. The molecular formula is C14H18N2O2S2. The fraction of sp³-hybridized carbons (Fsp3) is 0.500. The number of thiazole rings is 1. The van der Waals surface area contributed by atoms with E-state index in [0.717, 1.165) is 17.2 Å². The fourth-order valence-electron chi connectivity index (χ4n) is 2.21. The standard InChI is InChI=1S/C14H18N2O2S2/c1-16(8-10-9-17-5-6-18-10)14-15-12-4-3-11(19-2)7-13(12)20-14/h3-4,7,10H,5-6,8-9H2,1-2H3. The summed E-state index contributed by atoms with van der Waals surface area (Å²) in [6.07, 6.45) is 2.23. The van der Waals surface area contributed by atoms with Gasteiger partial charge in [0.2, 0.25) is 0 Å². The average molecular weight is 310 g/mol. The van der Waals surface area contributed by atoms with Crippen molar-refractivity contribution in [2.45, 2.75) is 11.0 Å². The van der Waals surface area contributed by atoms with Crippen LogP contribution >= 0.6 is 23.1 Å². The molecular weight excluding hydrogens is 292 g/mol. The average Bonchev–Trinajstić information content (AvgIpc) is 2.91. The number of aromatic nitrogens is 1. The van der Waals surface area contributed by atoms with E-state index < -0.39 is 0 Å². The zero-order valence-electron chi connectivity index (χ0n) is 11.7. The highest BCUT2D eigenvalue weighted by Gasteiger charge is 2.18. The van der Waals surface area contributed by atoms with Crippen LogP contribution < -0.4 is 4.90 Å². The third kappa shape index (κ3) is 3.09. The summed E-state index contributed by atoms with van der Waals surface area (Å²) in [5, 5.41) is 1.03. The molecule has 1 unspecified atom stereocenters. The highest BCUT2D eigenvalue weighted by atomic mass is 32.2. The van der Waals surface area contributed by atoms with Crippen molar-refractivity contribution in [1.29, 1.82) is 0 Å². The molecule has 0 radical (unpaired) electrons. The van der Waals surface area contributed by atoms with Gasteiger partial charge in [-0.2, -0.15) is 0 Å². The lowest BCUT2D eigenvalue weighted by molar-refractivity contribution is -0.0837. The van der Waals surface area contributed by atoms with Crippen molar-refractivity contribution < 1.29 is 9.47 Å². The first-order chi connectivity index (χ1) is 9.76. The molecule has 0 amide bonds. The van der Waals surface area contributed by atoms with Gasteiger partial charge >= 0.3 is 0 Å². The van der Waals surface area contributed by atoms with Crippen molar-refractivity contribution in [3.8, 4) is 0 Å². The smallest absolute Gasteiger partial charge is 0.186 e. The Morgan fingerprint density at radius 3 is 3.10 bits per heavy atom. The van der Waals surface area contributed by atoms with Crippen LogP contribution in [0.4, 0.5) is 5.13 Å². The minimum Gasteiger partial charge on any atom is -0.376 e. The molecule has 0 aliphatic carbocycles. The van der Waals surface area contributed by atoms with Crippen LogP contribution in [-0.2, 0) is 9.47 Å². The summed E-state index contributed by atoms with van der Waals surface area (Å²) in [5.74, 6) is 0. The molecule has 20 heavy (non-hydrogen) atoms. The summed E-state index contributed by atoms with van der Waals surface area (Å²) in [5.41, 5.74) is 1.07. The van der Waals surface area contributed by atoms with Gasteiger partial charge in [-0.3, -0.25) is 0 Å². The van der Waals surface area contributed by atoms with Gasteiger partial charge in [-0.25, -0.2) is 4.98 Å². The van der Waals surface area contributed by atoms with Gasteiger partial charge < -0.3 is 14.4 Å². The predicted octanol–water partition coefficient (Wildman–Crippen LogP) is 2.87. The maximum atomic E-state index is 5.69. The molecule has 1 atom stereocenters. The Morgan fingerprint density at radius 1 is 1.45 bits per heavy atom. The van der Waals surface area contributed by atoms with Crippen LogP contribution in [-0.4, -0.2) is 50.8 Å². The van der Waals surface area contributed by atoms with Crippen molar-refractivity contribution in [3.05, 3.63) is 18.2 Å².